The Hall–Kier alpha value is 0.0969. The highest BCUT2D eigenvalue weighted by Crippen LogP contribution is 2.01. The van der Waals surface area contributed by atoms with Crippen LogP contribution in [0, 0.1) is 0 Å². The lowest BCUT2D eigenvalue weighted by molar-refractivity contribution is 0.110. The van der Waals surface area contributed by atoms with E-state index in [0.29, 0.717) is 13.2 Å². The van der Waals surface area contributed by atoms with E-state index in [1.807, 2.05) is 13.8 Å². The molecule has 1 N–H and O–H groups in total. The maximum atomic E-state index is 9.34. The highest BCUT2D eigenvalue weighted by atomic mass is 28.4. The summed E-state index contributed by atoms with van der Waals surface area (Å²) in [7, 11) is -2.72. The predicted octanol–water partition coefficient (Wildman–Crippen LogP) is 1.01. The number of rotatable bonds is 5. The largest absolute Gasteiger partial charge is 0.494 e. The second kappa shape index (κ2) is 4.84. The van der Waals surface area contributed by atoms with E-state index < -0.39 is 8.80 Å². The first-order chi connectivity index (χ1) is 4.62. The van der Waals surface area contributed by atoms with Gasteiger partial charge in [0.05, 0.1) is 0 Å². The van der Waals surface area contributed by atoms with Gasteiger partial charge in [-0.15, -0.1) is 0 Å². The van der Waals surface area contributed by atoms with Crippen LogP contribution >= 0.6 is 0 Å². The Bertz CT molecular complexity index is 85.1. The Balaban J connectivity index is 3.42. The molecule has 0 fully saturated rings. The predicted molar refractivity (Wildman–Crippen MR) is 41.7 cm³/mol. The summed E-state index contributed by atoms with van der Waals surface area (Å²) in [4.78, 5) is 9.34. The molecule has 62 valence electrons. The van der Waals surface area contributed by atoms with Crippen molar-refractivity contribution in [2.24, 2.45) is 0 Å². The summed E-state index contributed by atoms with van der Waals surface area (Å²) in [5.41, 5.74) is 0. The van der Waals surface area contributed by atoms with Crippen LogP contribution in [0.5, 0.6) is 0 Å². The third-order valence-corrected chi connectivity index (χ3v) is 2.55. The highest BCUT2D eigenvalue weighted by Gasteiger charge is 2.28. The molecule has 1 unspecified atom stereocenters. The molecule has 0 saturated heterocycles. The first kappa shape index (κ1) is 10.1. The smallest absolute Gasteiger partial charge is 0.390 e. The average Bonchev–Trinajstić information content (AvgIpc) is 1.84. The third-order valence-electron chi connectivity index (χ3n) is 0.986. The van der Waals surface area contributed by atoms with Gasteiger partial charge in [0.15, 0.2) is 0 Å². The van der Waals surface area contributed by atoms with Crippen molar-refractivity contribution in [3.05, 3.63) is 0 Å². The van der Waals surface area contributed by atoms with Crippen molar-refractivity contribution >= 4 is 8.80 Å². The first-order valence-electron chi connectivity index (χ1n) is 3.62. The van der Waals surface area contributed by atoms with Crippen LogP contribution in [0.25, 0.3) is 0 Å². The molecule has 10 heavy (non-hydrogen) atoms. The summed E-state index contributed by atoms with van der Waals surface area (Å²) in [6, 6.07) is 0. The summed E-state index contributed by atoms with van der Waals surface area (Å²) in [6.45, 7) is 6.57. The monoisotopic (exact) mass is 164 g/mol. The topological polar surface area (TPSA) is 38.7 Å². The van der Waals surface area contributed by atoms with Gasteiger partial charge in [0.1, 0.15) is 0 Å². The van der Waals surface area contributed by atoms with Gasteiger partial charge < -0.3 is 13.6 Å². The lowest BCUT2D eigenvalue weighted by Crippen LogP contribution is -2.39. The molecule has 0 aliphatic carbocycles. The molecule has 0 aliphatic heterocycles. The minimum Gasteiger partial charge on any atom is -0.390 e. The molecule has 0 aromatic heterocycles. The minimum absolute atomic E-state index is 0.517. The van der Waals surface area contributed by atoms with Crippen LogP contribution < -0.4 is 0 Å². The van der Waals surface area contributed by atoms with Crippen LogP contribution in [0.15, 0.2) is 0 Å². The van der Waals surface area contributed by atoms with E-state index in [1.165, 1.54) is 0 Å². The Morgan fingerprint density at radius 1 is 1.30 bits per heavy atom. The van der Waals surface area contributed by atoms with E-state index in [2.05, 4.69) is 0 Å². The average molecular weight is 164 g/mol. The van der Waals surface area contributed by atoms with Crippen LogP contribution in [0.1, 0.15) is 20.3 Å². The molecule has 0 saturated carbocycles. The zero-order chi connectivity index (χ0) is 8.04. The van der Waals surface area contributed by atoms with Gasteiger partial charge in [-0.1, -0.05) is 6.92 Å². The number of hydrogen-bond acceptors (Lipinski definition) is 3. The Kier molecular flexibility index (Phi) is 4.89. The Morgan fingerprint density at radius 3 is 2.30 bits per heavy atom. The molecule has 1 atom stereocenters. The zero-order valence-electron chi connectivity index (χ0n) is 6.89. The standard InChI is InChI=1S/C6H16O3Si/c1-4-6-9-10(3,7)8-5-2/h7H,4-6H2,1-3H3. The van der Waals surface area contributed by atoms with Gasteiger partial charge in [0.2, 0.25) is 0 Å². The Morgan fingerprint density at radius 2 is 1.90 bits per heavy atom. The van der Waals surface area contributed by atoms with Crippen molar-refractivity contribution in [3.8, 4) is 0 Å². The van der Waals surface area contributed by atoms with Crippen LogP contribution in [-0.2, 0) is 8.85 Å². The summed E-state index contributed by atoms with van der Waals surface area (Å²) in [5, 5.41) is 0. The van der Waals surface area contributed by atoms with Crippen LogP contribution in [0.2, 0.25) is 6.55 Å². The highest BCUT2D eigenvalue weighted by molar-refractivity contribution is 6.57. The molecule has 0 amide bonds. The van der Waals surface area contributed by atoms with Gasteiger partial charge in [-0.05, 0) is 13.3 Å². The normalized spacial score (nSPS) is 16.8. The molecule has 0 aliphatic rings. The van der Waals surface area contributed by atoms with Crippen molar-refractivity contribution in [3.63, 3.8) is 0 Å². The van der Waals surface area contributed by atoms with E-state index in [4.69, 9.17) is 8.85 Å². The zero-order valence-corrected chi connectivity index (χ0v) is 7.89. The number of hydrogen-bond donors (Lipinski definition) is 1. The minimum atomic E-state index is -2.72. The van der Waals surface area contributed by atoms with Gasteiger partial charge in [-0.3, -0.25) is 0 Å². The molecule has 0 bridgehead atoms. The van der Waals surface area contributed by atoms with Gasteiger partial charge >= 0.3 is 8.80 Å². The van der Waals surface area contributed by atoms with Crippen LogP contribution in [0.3, 0.4) is 0 Å². The fourth-order valence-corrected chi connectivity index (χ4v) is 1.80. The van der Waals surface area contributed by atoms with Crippen LogP contribution in [-0.4, -0.2) is 26.8 Å². The van der Waals surface area contributed by atoms with Crippen molar-refractivity contribution < 1.29 is 13.6 Å². The SMILES string of the molecule is CCCO[Si](C)(O)OCC. The first-order valence-corrected chi connectivity index (χ1v) is 5.89. The van der Waals surface area contributed by atoms with E-state index in [1.54, 1.807) is 6.55 Å². The summed E-state index contributed by atoms with van der Waals surface area (Å²) in [6.07, 6.45) is 0.913. The van der Waals surface area contributed by atoms with Gasteiger partial charge in [0.25, 0.3) is 0 Å². The molecular weight excluding hydrogens is 148 g/mol. The van der Waals surface area contributed by atoms with E-state index >= 15 is 0 Å². The fraction of sp³-hybridized carbons (Fsp3) is 1.00. The summed E-state index contributed by atoms with van der Waals surface area (Å²) in [5.74, 6) is 0. The summed E-state index contributed by atoms with van der Waals surface area (Å²) >= 11 is 0. The Labute approximate surface area is 63.3 Å². The maximum absolute atomic E-state index is 9.34. The quantitative estimate of drug-likeness (QED) is 0.616. The van der Waals surface area contributed by atoms with Gasteiger partial charge in [-0.25, -0.2) is 0 Å². The van der Waals surface area contributed by atoms with Crippen molar-refractivity contribution in [2.75, 3.05) is 13.2 Å². The molecule has 0 aromatic carbocycles. The molecule has 0 rings (SSSR count). The fourth-order valence-electron chi connectivity index (χ4n) is 0.601. The summed E-state index contributed by atoms with van der Waals surface area (Å²) < 4.78 is 10.1. The van der Waals surface area contributed by atoms with E-state index in [9.17, 15) is 4.80 Å². The molecule has 3 nitrogen and oxygen atoms in total. The maximum Gasteiger partial charge on any atom is 0.494 e. The van der Waals surface area contributed by atoms with Gasteiger partial charge in [-0.2, -0.15) is 0 Å². The lowest BCUT2D eigenvalue weighted by atomic mass is 10.5. The van der Waals surface area contributed by atoms with Gasteiger partial charge in [0, 0.05) is 19.8 Å². The molecule has 0 heterocycles. The van der Waals surface area contributed by atoms with Crippen molar-refractivity contribution in [1.29, 1.82) is 0 Å². The van der Waals surface area contributed by atoms with Crippen LogP contribution in [0.4, 0.5) is 0 Å². The van der Waals surface area contributed by atoms with Crippen molar-refractivity contribution in [2.45, 2.75) is 26.8 Å². The van der Waals surface area contributed by atoms with Crippen molar-refractivity contribution in [1.82, 2.24) is 0 Å². The second-order valence-electron chi connectivity index (χ2n) is 2.18. The van der Waals surface area contributed by atoms with E-state index in [0.717, 1.165) is 6.42 Å². The molecule has 0 radical (unpaired) electrons. The molecular formula is C6H16O3Si. The molecule has 4 heteroatoms. The van der Waals surface area contributed by atoms with E-state index in [-0.39, 0.29) is 0 Å². The second-order valence-corrected chi connectivity index (χ2v) is 4.55. The molecule has 0 spiro atoms. The molecule has 0 aromatic rings. The third kappa shape index (κ3) is 4.93. The lowest BCUT2D eigenvalue weighted by Gasteiger charge is -2.18.